The van der Waals surface area contributed by atoms with Crippen molar-refractivity contribution in [1.82, 2.24) is 14.9 Å². The van der Waals surface area contributed by atoms with Crippen molar-refractivity contribution in [2.75, 3.05) is 44.0 Å². The number of likely N-dealkylation sites (tertiary alicyclic amines) is 1. The fourth-order valence-corrected chi connectivity index (χ4v) is 3.34. The number of hydrogen-bond donors (Lipinski definition) is 0. The zero-order valence-electron chi connectivity index (χ0n) is 15.8. The summed E-state index contributed by atoms with van der Waals surface area (Å²) in [5.74, 6) is 1.77. The molecule has 0 saturated carbocycles. The highest BCUT2D eigenvalue weighted by Crippen LogP contribution is 2.21. The van der Waals surface area contributed by atoms with Gasteiger partial charge >= 0.3 is 0 Å². The fraction of sp³-hybridized carbons (Fsp3) is 0.500. The van der Waals surface area contributed by atoms with Crippen molar-refractivity contribution in [3.05, 3.63) is 47.7 Å². The molecule has 0 N–H and O–H groups in total. The van der Waals surface area contributed by atoms with Gasteiger partial charge in [-0.1, -0.05) is 29.8 Å². The topological polar surface area (TPSA) is 35.5 Å². The minimum atomic E-state index is 0.506. The van der Waals surface area contributed by atoms with Crippen molar-refractivity contribution in [2.45, 2.75) is 32.4 Å². The molecule has 2 heterocycles. The van der Waals surface area contributed by atoms with Gasteiger partial charge in [0, 0.05) is 53.0 Å². The summed E-state index contributed by atoms with van der Waals surface area (Å²) in [6.07, 6.45) is 4.15. The lowest BCUT2D eigenvalue weighted by molar-refractivity contribution is 0.203. The van der Waals surface area contributed by atoms with Crippen LogP contribution in [0.1, 0.15) is 24.0 Å². The summed E-state index contributed by atoms with van der Waals surface area (Å²) in [4.78, 5) is 15.9. The van der Waals surface area contributed by atoms with Gasteiger partial charge in [0.05, 0.1) is 0 Å². The van der Waals surface area contributed by atoms with Gasteiger partial charge in [0.2, 0.25) is 5.95 Å². The van der Waals surface area contributed by atoms with Crippen LogP contribution in [0.3, 0.4) is 0 Å². The smallest absolute Gasteiger partial charge is 0.227 e. The summed E-state index contributed by atoms with van der Waals surface area (Å²) >= 11 is 0. The van der Waals surface area contributed by atoms with Crippen LogP contribution < -0.4 is 9.80 Å². The Labute approximate surface area is 151 Å². The highest BCUT2D eigenvalue weighted by Gasteiger charge is 2.24. The van der Waals surface area contributed by atoms with Crippen molar-refractivity contribution < 1.29 is 0 Å². The van der Waals surface area contributed by atoms with Crippen LogP contribution in [-0.2, 0) is 6.54 Å². The molecule has 0 radical (unpaired) electrons. The molecule has 0 amide bonds. The van der Waals surface area contributed by atoms with Crippen LogP contribution in [0.15, 0.2) is 36.5 Å². The van der Waals surface area contributed by atoms with E-state index < -0.39 is 0 Å². The average Bonchev–Trinajstić information content (AvgIpc) is 2.64. The predicted molar refractivity (Wildman–Crippen MR) is 104 cm³/mol. The molecule has 1 aromatic carbocycles. The molecule has 0 spiro atoms. The van der Waals surface area contributed by atoms with E-state index >= 15 is 0 Å². The Morgan fingerprint density at radius 2 is 1.72 bits per heavy atom. The van der Waals surface area contributed by atoms with Crippen LogP contribution in [0.2, 0.25) is 0 Å². The molecule has 0 bridgehead atoms. The normalized spacial score (nSPS) is 16.0. The maximum atomic E-state index is 4.67. The van der Waals surface area contributed by atoms with E-state index in [9.17, 15) is 0 Å². The van der Waals surface area contributed by atoms with Crippen LogP contribution >= 0.6 is 0 Å². The first-order valence-corrected chi connectivity index (χ1v) is 9.04. The van der Waals surface area contributed by atoms with E-state index in [-0.39, 0.29) is 0 Å². The molecule has 134 valence electrons. The van der Waals surface area contributed by atoms with Crippen molar-refractivity contribution in [2.24, 2.45) is 0 Å². The molecule has 1 aliphatic rings. The Hall–Kier alpha value is -2.14. The molecule has 1 saturated heterocycles. The van der Waals surface area contributed by atoms with Gasteiger partial charge in [0.15, 0.2) is 0 Å². The van der Waals surface area contributed by atoms with Gasteiger partial charge in [-0.15, -0.1) is 0 Å². The lowest BCUT2D eigenvalue weighted by atomic mass is 10.0. The van der Waals surface area contributed by atoms with Gasteiger partial charge in [-0.05, 0) is 31.4 Å². The van der Waals surface area contributed by atoms with Gasteiger partial charge < -0.3 is 9.80 Å². The average molecular weight is 339 g/mol. The second-order valence-electron chi connectivity index (χ2n) is 7.21. The Bertz CT molecular complexity index is 675. The maximum Gasteiger partial charge on any atom is 0.227 e. The first-order valence-electron chi connectivity index (χ1n) is 9.04. The molecule has 5 nitrogen and oxygen atoms in total. The SMILES string of the molecule is Cc1ccc(CN2CCC(N(C)c3nccc(N(C)C)n3)CC2)cc1. The van der Waals surface area contributed by atoms with Gasteiger partial charge in [-0.25, -0.2) is 4.98 Å². The maximum absolute atomic E-state index is 4.67. The number of aromatic nitrogens is 2. The Morgan fingerprint density at radius 3 is 2.36 bits per heavy atom. The molecule has 0 unspecified atom stereocenters. The van der Waals surface area contributed by atoms with E-state index in [0.717, 1.165) is 44.2 Å². The van der Waals surface area contributed by atoms with Crippen LogP contribution in [0, 0.1) is 6.92 Å². The molecule has 1 aromatic heterocycles. The molecule has 3 rings (SSSR count). The third-order valence-electron chi connectivity index (χ3n) is 5.03. The Balaban J connectivity index is 1.56. The van der Waals surface area contributed by atoms with Crippen LogP contribution in [-0.4, -0.2) is 55.1 Å². The number of aryl methyl sites for hydroxylation is 1. The third-order valence-corrected chi connectivity index (χ3v) is 5.03. The summed E-state index contributed by atoms with van der Waals surface area (Å²) in [6.45, 7) is 5.42. The second-order valence-corrected chi connectivity index (χ2v) is 7.21. The number of piperidine rings is 1. The summed E-state index contributed by atoms with van der Waals surface area (Å²) in [6, 6.07) is 11.3. The van der Waals surface area contributed by atoms with E-state index in [1.165, 1.54) is 11.1 Å². The van der Waals surface area contributed by atoms with Crippen molar-refractivity contribution in [1.29, 1.82) is 0 Å². The van der Waals surface area contributed by atoms with Gasteiger partial charge in [0.25, 0.3) is 0 Å². The van der Waals surface area contributed by atoms with Crippen molar-refractivity contribution in [3.63, 3.8) is 0 Å². The number of benzene rings is 1. The predicted octanol–water partition coefficient (Wildman–Crippen LogP) is 2.95. The molecule has 1 aliphatic heterocycles. The second kappa shape index (κ2) is 7.83. The highest BCUT2D eigenvalue weighted by atomic mass is 15.3. The first-order chi connectivity index (χ1) is 12.0. The third kappa shape index (κ3) is 4.48. The monoisotopic (exact) mass is 339 g/mol. The lowest BCUT2D eigenvalue weighted by Crippen LogP contribution is -2.43. The number of nitrogens with zero attached hydrogens (tertiary/aromatic N) is 5. The van der Waals surface area contributed by atoms with Crippen LogP contribution in [0.5, 0.6) is 0 Å². The molecule has 2 aromatic rings. The largest absolute Gasteiger partial charge is 0.363 e. The molecular weight excluding hydrogens is 310 g/mol. The summed E-state index contributed by atoms with van der Waals surface area (Å²) in [5.41, 5.74) is 2.73. The van der Waals surface area contributed by atoms with Crippen molar-refractivity contribution in [3.8, 4) is 0 Å². The van der Waals surface area contributed by atoms with Gasteiger partial charge in [0.1, 0.15) is 5.82 Å². The molecule has 0 atom stereocenters. The summed E-state index contributed by atoms with van der Waals surface area (Å²) in [5, 5.41) is 0. The molecule has 1 fully saturated rings. The highest BCUT2D eigenvalue weighted by molar-refractivity contribution is 5.42. The van der Waals surface area contributed by atoms with Crippen LogP contribution in [0.4, 0.5) is 11.8 Å². The van der Waals surface area contributed by atoms with Crippen LogP contribution in [0.25, 0.3) is 0 Å². The van der Waals surface area contributed by atoms with E-state index in [2.05, 4.69) is 58.0 Å². The minimum absolute atomic E-state index is 0.506. The molecular formula is C20H29N5. The number of hydrogen-bond acceptors (Lipinski definition) is 5. The zero-order chi connectivity index (χ0) is 17.8. The number of anilines is 2. The van der Waals surface area contributed by atoms with Crippen molar-refractivity contribution >= 4 is 11.8 Å². The van der Waals surface area contributed by atoms with E-state index in [4.69, 9.17) is 0 Å². The van der Waals surface area contributed by atoms with Gasteiger partial charge in [-0.2, -0.15) is 4.98 Å². The zero-order valence-corrected chi connectivity index (χ0v) is 15.8. The lowest BCUT2D eigenvalue weighted by Gasteiger charge is -2.37. The Kier molecular flexibility index (Phi) is 5.53. The summed E-state index contributed by atoms with van der Waals surface area (Å²) < 4.78 is 0. The fourth-order valence-electron chi connectivity index (χ4n) is 3.34. The summed E-state index contributed by atoms with van der Waals surface area (Å²) in [7, 11) is 6.14. The molecule has 5 heteroatoms. The molecule has 25 heavy (non-hydrogen) atoms. The first kappa shape index (κ1) is 17.7. The number of rotatable bonds is 5. The Morgan fingerprint density at radius 1 is 1.04 bits per heavy atom. The van der Waals surface area contributed by atoms with E-state index in [1.54, 1.807) is 0 Å². The molecule has 0 aliphatic carbocycles. The quantitative estimate of drug-likeness (QED) is 0.837. The standard InChI is InChI=1S/C20H29N5/c1-16-5-7-17(8-6-16)15-25-13-10-18(11-14-25)24(4)20-21-12-9-19(22-20)23(2)3/h5-9,12,18H,10-11,13-15H2,1-4H3. The van der Waals surface area contributed by atoms with E-state index in [1.807, 2.05) is 31.3 Å². The van der Waals surface area contributed by atoms with Gasteiger partial charge in [-0.3, -0.25) is 4.90 Å². The van der Waals surface area contributed by atoms with E-state index in [0.29, 0.717) is 6.04 Å². The minimum Gasteiger partial charge on any atom is -0.363 e.